The predicted octanol–water partition coefficient (Wildman–Crippen LogP) is 0.892. The lowest BCUT2D eigenvalue weighted by Gasteiger charge is -2.35. The smallest absolute Gasteiger partial charge is 0.323 e. The van der Waals surface area contributed by atoms with E-state index in [0.29, 0.717) is 31.9 Å². The third kappa shape index (κ3) is 4.05. The SMILES string of the molecule is CC(=O)N(C(=O)C(=O)N1CCN(c2ccccn2)CC1)c1cccc(N)c1. The maximum absolute atomic E-state index is 12.7. The van der Waals surface area contributed by atoms with E-state index >= 15 is 0 Å². The van der Waals surface area contributed by atoms with Gasteiger partial charge in [0, 0.05) is 45.0 Å². The van der Waals surface area contributed by atoms with E-state index in [2.05, 4.69) is 9.88 Å². The van der Waals surface area contributed by atoms with Gasteiger partial charge in [0.05, 0.1) is 5.69 Å². The first-order valence-electron chi connectivity index (χ1n) is 8.63. The summed E-state index contributed by atoms with van der Waals surface area (Å²) in [6.45, 7) is 3.13. The van der Waals surface area contributed by atoms with Gasteiger partial charge in [-0.25, -0.2) is 9.88 Å². The van der Waals surface area contributed by atoms with Crippen LogP contribution in [0.2, 0.25) is 0 Å². The van der Waals surface area contributed by atoms with Gasteiger partial charge in [-0.3, -0.25) is 14.4 Å². The zero-order valence-electron chi connectivity index (χ0n) is 15.0. The van der Waals surface area contributed by atoms with E-state index in [1.54, 1.807) is 24.4 Å². The standard InChI is InChI=1S/C19H21N5O3/c1-14(25)24(16-6-4-5-15(20)13-16)19(27)18(26)23-11-9-22(10-12-23)17-7-2-3-8-21-17/h2-8,13H,9-12,20H2,1H3. The summed E-state index contributed by atoms with van der Waals surface area (Å²) in [6, 6.07) is 12.0. The first kappa shape index (κ1) is 18.4. The molecule has 2 heterocycles. The van der Waals surface area contributed by atoms with Crippen LogP contribution in [0.15, 0.2) is 48.7 Å². The highest BCUT2D eigenvalue weighted by atomic mass is 16.2. The minimum atomic E-state index is -0.876. The fourth-order valence-electron chi connectivity index (χ4n) is 3.02. The normalized spacial score (nSPS) is 14.0. The number of nitrogens with two attached hydrogens (primary N) is 1. The number of aromatic nitrogens is 1. The van der Waals surface area contributed by atoms with Gasteiger partial charge in [0.2, 0.25) is 5.91 Å². The van der Waals surface area contributed by atoms with Crippen LogP contribution < -0.4 is 15.5 Å². The maximum atomic E-state index is 12.7. The highest BCUT2D eigenvalue weighted by Crippen LogP contribution is 2.19. The van der Waals surface area contributed by atoms with Crippen molar-refractivity contribution in [2.45, 2.75) is 6.92 Å². The molecule has 1 aromatic carbocycles. The molecule has 3 rings (SSSR count). The summed E-state index contributed by atoms with van der Waals surface area (Å²) in [4.78, 5) is 46.0. The Hall–Kier alpha value is -3.42. The average Bonchev–Trinajstić information content (AvgIpc) is 2.68. The van der Waals surface area contributed by atoms with Crippen molar-refractivity contribution < 1.29 is 14.4 Å². The van der Waals surface area contributed by atoms with Crippen molar-refractivity contribution >= 4 is 34.9 Å². The highest BCUT2D eigenvalue weighted by Gasteiger charge is 2.32. The number of carbonyl (C=O) groups is 3. The summed E-state index contributed by atoms with van der Waals surface area (Å²) in [5.74, 6) is -1.28. The molecule has 3 amide bonds. The second-order valence-electron chi connectivity index (χ2n) is 6.22. The fourth-order valence-corrected chi connectivity index (χ4v) is 3.02. The Morgan fingerprint density at radius 1 is 1.04 bits per heavy atom. The molecule has 8 nitrogen and oxygen atoms in total. The molecular weight excluding hydrogens is 346 g/mol. The summed E-state index contributed by atoms with van der Waals surface area (Å²) >= 11 is 0. The number of hydrogen-bond acceptors (Lipinski definition) is 6. The third-order valence-corrected chi connectivity index (χ3v) is 4.37. The molecule has 1 saturated heterocycles. The van der Waals surface area contributed by atoms with Crippen molar-refractivity contribution in [2.75, 3.05) is 41.7 Å². The van der Waals surface area contributed by atoms with E-state index in [0.717, 1.165) is 10.7 Å². The van der Waals surface area contributed by atoms with Crippen LogP contribution in [-0.4, -0.2) is 53.8 Å². The predicted molar refractivity (Wildman–Crippen MR) is 102 cm³/mol. The molecular formula is C19H21N5O3. The number of anilines is 3. The molecule has 8 heteroatoms. The molecule has 2 aromatic rings. The quantitative estimate of drug-likeness (QED) is 0.625. The van der Waals surface area contributed by atoms with Crippen LogP contribution in [0.5, 0.6) is 0 Å². The maximum Gasteiger partial charge on any atom is 0.323 e. The number of nitrogen functional groups attached to an aromatic ring is 1. The fraction of sp³-hybridized carbons (Fsp3) is 0.263. The lowest BCUT2D eigenvalue weighted by molar-refractivity contribution is -0.145. The summed E-state index contributed by atoms with van der Waals surface area (Å²) < 4.78 is 0. The molecule has 27 heavy (non-hydrogen) atoms. The second kappa shape index (κ2) is 7.86. The highest BCUT2D eigenvalue weighted by molar-refractivity contribution is 6.45. The Balaban J connectivity index is 1.69. The average molecular weight is 367 g/mol. The molecule has 1 fully saturated rings. The van der Waals surface area contributed by atoms with E-state index < -0.39 is 17.7 Å². The number of carbonyl (C=O) groups excluding carboxylic acids is 3. The van der Waals surface area contributed by atoms with Crippen molar-refractivity contribution in [3.63, 3.8) is 0 Å². The van der Waals surface area contributed by atoms with Crippen LogP contribution in [0, 0.1) is 0 Å². The van der Waals surface area contributed by atoms with Crippen LogP contribution in [0.1, 0.15) is 6.92 Å². The zero-order valence-corrected chi connectivity index (χ0v) is 15.0. The Kier molecular flexibility index (Phi) is 5.35. The number of hydrogen-bond donors (Lipinski definition) is 1. The van der Waals surface area contributed by atoms with Crippen molar-refractivity contribution in [1.82, 2.24) is 9.88 Å². The van der Waals surface area contributed by atoms with E-state index in [1.165, 1.54) is 17.9 Å². The van der Waals surface area contributed by atoms with Crippen LogP contribution >= 0.6 is 0 Å². The molecule has 1 aliphatic rings. The van der Waals surface area contributed by atoms with Crippen LogP contribution in [0.25, 0.3) is 0 Å². The van der Waals surface area contributed by atoms with Crippen molar-refractivity contribution in [1.29, 1.82) is 0 Å². The molecule has 2 N–H and O–H groups in total. The minimum absolute atomic E-state index is 0.285. The number of piperazine rings is 1. The molecule has 0 aliphatic carbocycles. The summed E-state index contributed by atoms with van der Waals surface area (Å²) in [7, 11) is 0. The molecule has 1 aliphatic heterocycles. The van der Waals surface area contributed by atoms with Gasteiger partial charge in [-0.2, -0.15) is 0 Å². The molecule has 0 unspecified atom stereocenters. The Morgan fingerprint density at radius 3 is 2.37 bits per heavy atom. The topological polar surface area (TPSA) is 99.8 Å². The van der Waals surface area contributed by atoms with Gasteiger partial charge in [-0.05, 0) is 30.3 Å². The van der Waals surface area contributed by atoms with Gasteiger partial charge >= 0.3 is 11.8 Å². The van der Waals surface area contributed by atoms with Gasteiger partial charge in [0.25, 0.3) is 0 Å². The van der Waals surface area contributed by atoms with Crippen LogP contribution in [0.3, 0.4) is 0 Å². The number of imide groups is 1. The molecule has 0 saturated carbocycles. The van der Waals surface area contributed by atoms with Crippen LogP contribution in [0.4, 0.5) is 17.2 Å². The molecule has 140 valence electrons. The second-order valence-corrected chi connectivity index (χ2v) is 6.22. The number of benzene rings is 1. The summed E-state index contributed by atoms with van der Waals surface area (Å²) in [5, 5.41) is 0. The van der Waals surface area contributed by atoms with Gasteiger partial charge in [-0.1, -0.05) is 12.1 Å². The van der Waals surface area contributed by atoms with Gasteiger partial charge in [0.15, 0.2) is 0 Å². The van der Waals surface area contributed by atoms with Gasteiger partial charge in [-0.15, -0.1) is 0 Å². The molecule has 0 bridgehead atoms. The van der Waals surface area contributed by atoms with Crippen molar-refractivity contribution in [3.8, 4) is 0 Å². The van der Waals surface area contributed by atoms with E-state index in [9.17, 15) is 14.4 Å². The van der Waals surface area contributed by atoms with E-state index in [1.807, 2.05) is 18.2 Å². The van der Waals surface area contributed by atoms with E-state index in [-0.39, 0.29) is 5.69 Å². The first-order valence-corrected chi connectivity index (χ1v) is 8.63. The Morgan fingerprint density at radius 2 is 1.78 bits per heavy atom. The third-order valence-electron chi connectivity index (χ3n) is 4.37. The lowest BCUT2D eigenvalue weighted by Crippen LogP contribution is -2.54. The van der Waals surface area contributed by atoms with Crippen molar-refractivity contribution in [2.24, 2.45) is 0 Å². The summed E-state index contributed by atoms with van der Waals surface area (Å²) in [5.41, 5.74) is 6.42. The first-order chi connectivity index (χ1) is 13.0. The Bertz CT molecular complexity index is 847. The largest absolute Gasteiger partial charge is 0.399 e. The van der Waals surface area contributed by atoms with Gasteiger partial charge < -0.3 is 15.5 Å². The lowest BCUT2D eigenvalue weighted by atomic mass is 10.2. The van der Waals surface area contributed by atoms with E-state index in [4.69, 9.17) is 5.73 Å². The summed E-state index contributed by atoms with van der Waals surface area (Å²) in [6.07, 6.45) is 1.71. The Labute approximate surface area is 157 Å². The number of rotatable bonds is 2. The monoisotopic (exact) mass is 367 g/mol. The molecule has 0 atom stereocenters. The van der Waals surface area contributed by atoms with Crippen molar-refractivity contribution in [3.05, 3.63) is 48.7 Å². The zero-order chi connectivity index (χ0) is 19.4. The molecule has 0 radical (unpaired) electrons. The number of pyridine rings is 1. The van der Waals surface area contributed by atoms with Gasteiger partial charge in [0.1, 0.15) is 5.82 Å². The number of nitrogens with zero attached hydrogens (tertiary/aromatic N) is 4. The number of amides is 3. The molecule has 0 spiro atoms. The minimum Gasteiger partial charge on any atom is -0.399 e. The van der Waals surface area contributed by atoms with Crippen LogP contribution in [-0.2, 0) is 14.4 Å². The molecule has 1 aromatic heterocycles.